The Morgan fingerprint density at radius 2 is 1.78 bits per heavy atom. The summed E-state index contributed by atoms with van der Waals surface area (Å²) in [5.74, 6) is -4.12. The molecule has 12 nitrogen and oxygen atoms in total. The molecule has 3 aliphatic heterocycles. The van der Waals surface area contributed by atoms with E-state index in [1.807, 2.05) is 0 Å². The van der Waals surface area contributed by atoms with Gasteiger partial charge in [0.15, 0.2) is 0 Å². The largest absolute Gasteiger partial charge is 0.477 e. The maximum absolute atomic E-state index is 11.9. The van der Waals surface area contributed by atoms with Crippen LogP contribution in [-0.2, 0) is 19.2 Å². The van der Waals surface area contributed by atoms with E-state index in [4.69, 9.17) is 15.3 Å². The predicted octanol–water partition coefficient (Wildman–Crippen LogP) is -0.310. The molecule has 3 fully saturated rings. The van der Waals surface area contributed by atoms with Crippen molar-refractivity contribution in [1.82, 2.24) is 15.3 Å². The van der Waals surface area contributed by atoms with Crippen molar-refractivity contribution >= 4 is 47.2 Å². The number of thioether (sulfide) groups is 1. The van der Waals surface area contributed by atoms with Crippen LogP contribution >= 0.6 is 11.8 Å². The topological polar surface area (TPSA) is 194 Å². The Balaban J connectivity index is 0.000000451. The average Bonchev–Trinajstić information content (AvgIpc) is 3.32. The van der Waals surface area contributed by atoms with Crippen molar-refractivity contribution in [2.24, 2.45) is 5.73 Å². The Bertz CT molecular complexity index is 823. The fourth-order valence-electron chi connectivity index (χ4n) is 3.52. The molecule has 5 amide bonds. The predicted molar refractivity (Wildman–Crippen MR) is 101 cm³/mol. The molecule has 0 aromatic rings. The summed E-state index contributed by atoms with van der Waals surface area (Å²) in [5.41, 5.74) is 3.11. The lowest BCUT2D eigenvalue weighted by Crippen LogP contribution is -2.47. The summed E-state index contributed by atoms with van der Waals surface area (Å²) in [6, 6.07) is -2.32. The number of imide groups is 1. The summed E-state index contributed by atoms with van der Waals surface area (Å²) in [5, 5.41) is 29.8. The maximum Gasteiger partial charge on any atom is 0.470 e. The Kier molecular flexibility index (Phi) is 7.71. The van der Waals surface area contributed by atoms with Gasteiger partial charge in [0.2, 0.25) is 11.8 Å². The van der Waals surface area contributed by atoms with Gasteiger partial charge in [0.25, 0.3) is 0 Å². The quantitative estimate of drug-likeness (QED) is 0.147. The summed E-state index contributed by atoms with van der Waals surface area (Å²) >= 11 is 1.52. The number of hydrogen-bond donors (Lipinski definition) is 5. The number of fused-ring (bicyclic) bond motifs is 1. The normalized spacial score (nSPS) is 25.8. The van der Waals surface area contributed by atoms with Crippen LogP contribution in [0.15, 0.2) is 0 Å². The summed E-state index contributed by atoms with van der Waals surface area (Å²) in [6.45, 7) is 0. The molecule has 3 heterocycles. The highest BCUT2D eigenvalue weighted by Crippen LogP contribution is 2.36. The van der Waals surface area contributed by atoms with E-state index in [0.717, 1.165) is 4.90 Å². The smallest absolute Gasteiger partial charge is 0.470 e. The van der Waals surface area contributed by atoms with Gasteiger partial charge >= 0.3 is 24.1 Å². The van der Waals surface area contributed by atoms with E-state index in [9.17, 15) is 37.6 Å². The second-order valence-corrected chi connectivity index (χ2v) is 8.36. The number of carbonyl (C=O) groups excluding carboxylic acids is 4. The van der Waals surface area contributed by atoms with Crippen LogP contribution in [0.3, 0.4) is 0 Å². The molecule has 0 saturated carbocycles. The fourth-order valence-corrected chi connectivity index (χ4v) is 5.07. The molecule has 0 spiro atoms. The van der Waals surface area contributed by atoms with E-state index in [0.29, 0.717) is 17.2 Å². The van der Waals surface area contributed by atoms with Crippen LogP contribution in [0.2, 0.25) is 0 Å². The Hall–Kier alpha value is -2.88. The van der Waals surface area contributed by atoms with Crippen LogP contribution in [0.4, 0.5) is 18.0 Å². The standard InChI is InChI=1S/C14H18N4O6S.C2H2F3NO/c15-11(13(21)22)6(17-9(19)3-4-10(17)20)1-2-8-12-7(5-25-8)18(24)14(23)16-12;3-2(4,5)1(6)7/h6-8,12,15,24H,1-5H2,(H,16,23)(H,21,22);(H2,6,7)/t6?,7-,8-,12-;/m0./s1. The molecule has 16 heteroatoms. The number of likely N-dealkylation sites (tertiary alicyclic amines) is 1. The van der Waals surface area contributed by atoms with Gasteiger partial charge in [0.1, 0.15) is 5.71 Å². The van der Waals surface area contributed by atoms with Gasteiger partial charge in [-0.15, -0.1) is 0 Å². The molecular weight excluding hydrogens is 463 g/mol. The number of nitrogens with one attached hydrogen (secondary N) is 2. The highest BCUT2D eigenvalue weighted by atomic mass is 32.2. The molecule has 3 aliphatic rings. The zero-order chi connectivity index (χ0) is 24.4. The van der Waals surface area contributed by atoms with Gasteiger partial charge < -0.3 is 16.2 Å². The molecular formula is C16H20F3N5O7S. The van der Waals surface area contributed by atoms with E-state index >= 15 is 0 Å². The Labute approximate surface area is 182 Å². The number of alkyl halides is 3. The third kappa shape index (κ3) is 5.48. The summed E-state index contributed by atoms with van der Waals surface area (Å²) in [6.07, 6.45) is -4.27. The molecule has 178 valence electrons. The first-order valence-electron chi connectivity index (χ1n) is 9.19. The van der Waals surface area contributed by atoms with Crippen LogP contribution in [-0.4, -0.2) is 91.0 Å². The molecule has 0 radical (unpaired) electrons. The number of nitrogens with zero attached hydrogens (tertiary/aromatic N) is 2. The van der Waals surface area contributed by atoms with Crippen molar-refractivity contribution in [1.29, 1.82) is 5.41 Å². The van der Waals surface area contributed by atoms with Crippen molar-refractivity contribution in [3.05, 3.63) is 0 Å². The van der Waals surface area contributed by atoms with Crippen LogP contribution in [0.5, 0.6) is 0 Å². The minimum atomic E-state index is -4.86. The third-order valence-corrected chi connectivity index (χ3v) is 6.57. The number of carbonyl (C=O) groups is 5. The second kappa shape index (κ2) is 9.72. The molecule has 3 rings (SSSR count). The van der Waals surface area contributed by atoms with Crippen molar-refractivity contribution < 1.29 is 47.5 Å². The van der Waals surface area contributed by atoms with Gasteiger partial charge in [-0.1, -0.05) is 0 Å². The fraction of sp³-hybridized carbons (Fsp3) is 0.625. The zero-order valence-electron chi connectivity index (χ0n) is 16.3. The molecule has 0 aromatic heterocycles. The van der Waals surface area contributed by atoms with Gasteiger partial charge in [0, 0.05) is 23.8 Å². The lowest BCUT2D eigenvalue weighted by atomic mass is 9.98. The minimum absolute atomic E-state index is 0.0284. The van der Waals surface area contributed by atoms with E-state index in [1.165, 1.54) is 11.8 Å². The van der Waals surface area contributed by atoms with Crippen LogP contribution in [0, 0.1) is 5.41 Å². The second-order valence-electron chi connectivity index (χ2n) is 7.09. The summed E-state index contributed by atoms with van der Waals surface area (Å²) in [7, 11) is 0. The van der Waals surface area contributed by atoms with Crippen LogP contribution < -0.4 is 11.1 Å². The van der Waals surface area contributed by atoms with Gasteiger partial charge in [0.05, 0.1) is 18.1 Å². The highest BCUT2D eigenvalue weighted by Gasteiger charge is 2.48. The van der Waals surface area contributed by atoms with Crippen molar-refractivity contribution in [2.45, 2.75) is 55.2 Å². The molecule has 6 N–H and O–H groups in total. The van der Waals surface area contributed by atoms with Crippen molar-refractivity contribution in [3.63, 3.8) is 0 Å². The molecule has 1 unspecified atom stereocenters. The number of halogens is 3. The number of carboxylic acids is 1. The summed E-state index contributed by atoms with van der Waals surface area (Å²) in [4.78, 5) is 56.6. The number of urea groups is 1. The first kappa shape index (κ1) is 25.4. The molecule has 3 saturated heterocycles. The number of nitrogens with two attached hydrogens (primary N) is 1. The van der Waals surface area contributed by atoms with E-state index in [-0.39, 0.29) is 36.6 Å². The zero-order valence-corrected chi connectivity index (χ0v) is 17.1. The maximum atomic E-state index is 11.9. The molecule has 4 atom stereocenters. The monoisotopic (exact) mass is 483 g/mol. The van der Waals surface area contributed by atoms with E-state index in [1.54, 1.807) is 0 Å². The average molecular weight is 483 g/mol. The first-order chi connectivity index (χ1) is 14.8. The number of carboxylic acid groups (broad SMARTS) is 1. The lowest BCUT2D eigenvalue weighted by molar-refractivity contribution is -0.169. The Morgan fingerprint density at radius 3 is 2.25 bits per heavy atom. The minimum Gasteiger partial charge on any atom is -0.477 e. The van der Waals surface area contributed by atoms with Gasteiger partial charge in [-0.05, 0) is 12.8 Å². The number of amides is 5. The van der Waals surface area contributed by atoms with E-state index in [2.05, 4.69) is 11.1 Å². The van der Waals surface area contributed by atoms with Crippen molar-refractivity contribution in [2.75, 3.05) is 5.75 Å². The number of rotatable bonds is 6. The van der Waals surface area contributed by atoms with Crippen molar-refractivity contribution in [3.8, 4) is 0 Å². The van der Waals surface area contributed by atoms with E-state index < -0.39 is 47.7 Å². The van der Waals surface area contributed by atoms with Gasteiger partial charge in [-0.25, -0.2) is 14.7 Å². The number of primary amides is 1. The molecule has 0 aliphatic carbocycles. The molecule has 32 heavy (non-hydrogen) atoms. The van der Waals surface area contributed by atoms with Gasteiger partial charge in [-0.3, -0.25) is 29.9 Å². The third-order valence-electron chi connectivity index (χ3n) is 5.08. The van der Waals surface area contributed by atoms with Crippen LogP contribution in [0.25, 0.3) is 0 Å². The number of hydrogen-bond acceptors (Lipinski definition) is 8. The summed E-state index contributed by atoms with van der Waals surface area (Å²) < 4.78 is 32.1. The first-order valence-corrected chi connectivity index (χ1v) is 10.2. The molecule has 0 bridgehead atoms. The molecule has 0 aromatic carbocycles. The highest BCUT2D eigenvalue weighted by molar-refractivity contribution is 8.00. The number of hydroxylamine groups is 2. The lowest BCUT2D eigenvalue weighted by Gasteiger charge is -2.27. The SMILES string of the molecule is N=C(C(=O)O)C(CC[C@@H]1SC[C@H]2[C@@H]1NC(=O)N2O)N1C(=O)CCC1=O.NC(=O)C(F)(F)F. The van der Waals surface area contributed by atoms with Gasteiger partial charge in [-0.2, -0.15) is 24.9 Å². The van der Waals surface area contributed by atoms with Crippen LogP contribution in [0.1, 0.15) is 25.7 Å². The number of aliphatic carboxylic acids is 1. The Morgan fingerprint density at radius 1 is 1.25 bits per heavy atom.